The normalized spacial score (nSPS) is 11.2. The number of sulfonamides is 1. The van der Waals surface area contributed by atoms with Crippen LogP contribution in [0.4, 0.5) is 11.4 Å². The largest absolute Gasteiger partial charge is 0.497 e. The zero-order valence-electron chi connectivity index (χ0n) is 22.5. The van der Waals surface area contributed by atoms with Gasteiger partial charge in [0.1, 0.15) is 29.5 Å². The lowest BCUT2D eigenvalue weighted by Crippen LogP contribution is -2.36. The van der Waals surface area contributed by atoms with E-state index in [1.807, 2.05) is 6.07 Å². The van der Waals surface area contributed by atoms with Crippen LogP contribution in [-0.2, 0) is 26.2 Å². The highest BCUT2D eigenvalue weighted by Crippen LogP contribution is 2.39. The number of benzene rings is 4. The van der Waals surface area contributed by atoms with Crippen molar-refractivity contribution in [3.05, 3.63) is 87.3 Å². The fraction of sp³-hybridized carbons (Fsp3) is 0.172. The maximum absolute atomic E-state index is 13.9. The van der Waals surface area contributed by atoms with Crippen LogP contribution in [-0.4, -0.2) is 57.9 Å². The van der Waals surface area contributed by atoms with Gasteiger partial charge in [0, 0.05) is 32.0 Å². The number of carbonyl (C=O) groups is 2. The Balaban J connectivity index is 1.87. The van der Waals surface area contributed by atoms with Crippen molar-refractivity contribution in [2.75, 3.05) is 36.5 Å². The van der Waals surface area contributed by atoms with Crippen LogP contribution in [0.1, 0.15) is 5.56 Å². The molecule has 0 aromatic heterocycles. The highest BCUT2D eigenvalue weighted by atomic mass is 79.9. The summed E-state index contributed by atoms with van der Waals surface area (Å²) in [5.41, 5.74) is 1.45. The van der Waals surface area contributed by atoms with E-state index in [1.165, 1.54) is 31.4 Å². The van der Waals surface area contributed by atoms with Gasteiger partial charge in [-0.15, -0.1) is 0 Å². The number of carboxylic acid groups (broad SMARTS) is 2. The Morgan fingerprint density at radius 2 is 1.31 bits per heavy atom. The Morgan fingerprint density at radius 3 is 1.86 bits per heavy atom. The Labute approximate surface area is 259 Å². The number of ether oxygens (including phenoxy) is 2. The number of hydrogen-bond donors (Lipinski definition) is 2. The topological polar surface area (TPSA) is 134 Å². The monoisotopic (exact) mass is 720 g/mol. The van der Waals surface area contributed by atoms with Gasteiger partial charge in [-0.1, -0.05) is 46.3 Å². The molecule has 0 radical (unpaired) electrons. The number of hydrogen-bond acceptors (Lipinski definition) is 7. The molecule has 0 aliphatic heterocycles. The molecule has 0 fully saturated rings. The number of rotatable bonds is 12. The van der Waals surface area contributed by atoms with Gasteiger partial charge in [0.15, 0.2) is 0 Å². The summed E-state index contributed by atoms with van der Waals surface area (Å²) in [5, 5.41) is 20.4. The molecule has 0 amide bonds. The second kappa shape index (κ2) is 13.0. The van der Waals surface area contributed by atoms with Gasteiger partial charge in [-0.05, 0) is 64.0 Å². The molecule has 0 unspecified atom stereocenters. The predicted molar refractivity (Wildman–Crippen MR) is 166 cm³/mol. The third kappa shape index (κ3) is 6.63. The molecule has 0 spiro atoms. The summed E-state index contributed by atoms with van der Waals surface area (Å²) in [6.45, 7) is -0.990. The second-order valence-corrected chi connectivity index (χ2v) is 12.6. The van der Waals surface area contributed by atoms with E-state index in [0.717, 1.165) is 14.3 Å². The van der Waals surface area contributed by atoms with Crippen molar-refractivity contribution < 1.29 is 37.7 Å². The molecule has 0 saturated carbocycles. The lowest BCUT2D eigenvalue weighted by Gasteiger charge is -2.29. The summed E-state index contributed by atoms with van der Waals surface area (Å²) in [7, 11) is -1.39. The van der Waals surface area contributed by atoms with Gasteiger partial charge < -0.3 is 24.6 Å². The lowest BCUT2D eigenvalue weighted by molar-refractivity contribution is -0.136. The molecule has 4 aromatic rings. The molecule has 4 aromatic carbocycles. The van der Waals surface area contributed by atoms with Crippen molar-refractivity contribution in [1.29, 1.82) is 0 Å². The molecule has 0 aliphatic carbocycles. The third-order valence-electron chi connectivity index (χ3n) is 6.42. The minimum absolute atomic E-state index is 0.125. The van der Waals surface area contributed by atoms with E-state index in [4.69, 9.17) is 9.47 Å². The van der Waals surface area contributed by atoms with Crippen LogP contribution in [0.2, 0.25) is 0 Å². The van der Waals surface area contributed by atoms with Gasteiger partial charge in [0.2, 0.25) is 0 Å². The van der Waals surface area contributed by atoms with Crippen LogP contribution in [0.25, 0.3) is 10.8 Å². The first kappa shape index (κ1) is 31.1. The molecular weight excluding hydrogens is 696 g/mol. The molecule has 0 atom stereocenters. The molecule has 10 nitrogen and oxygen atoms in total. The van der Waals surface area contributed by atoms with Crippen LogP contribution in [0, 0.1) is 0 Å². The summed E-state index contributed by atoms with van der Waals surface area (Å²) in [6.07, 6.45) is 0. The predicted octanol–water partition coefficient (Wildman–Crippen LogP) is 5.75. The first-order chi connectivity index (χ1) is 20.0. The van der Waals surface area contributed by atoms with Crippen molar-refractivity contribution in [1.82, 2.24) is 0 Å². The van der Waals surface area contributed by atoms with Gasteiger partial charge in [0.05, 0.1) is 19.9 Å². The van der Waals surface area contributed by atoms with E-state index in [0.29, 0.717) is 28.0 Å². The Morgan fingerprint density at radius 1 is 0.762 bits per heavy atom. The van der Waals surface area contributed by atoms with Crippen LogP contribution in [0.15, 0.2) is 86.6 Å². The Bertz CT molecular complexity index is 1760. The van der Waals surface area contributed by atoms with Crippen molar-refractivity contribution in [2.24, 2.45) is 0 Å². The fourth-order valence-corrected chi connectivity index (χ4v) is 7.43. The first-order valence-electron chi connectivity index (χ1n) is 12.3. The second-order valence-electron chi connectivity index (χ2n) is 9.06. The van der Waals surface area contributed by atoms with Crippen molar-refractivity contribution in [2.45, 2.75) is 11.4 Å². The first-order valence-corrected chi connectivity index (χ1v) is 15.4. The molecule has 2 N–H and O–H groups in total. The smallest absolute Gasteiger partial charge is 0.324 e. The van der Waals surface area contributed by atoms with E-state index >= 15 is 0 Å². The summed E-state index contributed by atoms with van der Waals surface area (Å²) in [5.74, 6) is -1.36. The average Bonchev–Trinajstić information content (AvgIpc) is 2.95. The molecule has 220 valence electrons. The minimum atomic E-state index is -4.38. The average molecular weight is 722 g/mol. The highest BCUT2D eigenvalue weighted by molar-refractivity contribution is 9.10. The van der Waals surface area contributed by atoms with Gasteiger partial charge in [-0.3, -0.25) is 13.9 Å². The summed E-state index contributed by atoms with van der Waals surface area (Å²) < 4.78 is 40.0. The molecule has 13 heteroatoms. The van der Waals surface area contributed by atoms with Crippen molar-refractivity contribution >= 4 is 76.0 Å². The number of anilines is 2. The molecule has 0 bridgehead atoms. The van der Waals surface area contributed by atoms with Gasteiger partial charge in [-0.25, -0.2) is 8.42 Å². The summed E-state index contributed by atoms with van der Waals surface area (Å²) >= 11 is 6.80. The van der Waals surface area contributed by atoms with Crippen LogP contribution in [0.5, 0.6) is 11.5 Å². The Hall–Kier alpha value is -3.81. The summed E-state index contributed by atoms with van der Waals surface area (Å²) in [4.78, 5) is 25.4. The molecule has 4 rings (SSSR count). The maximum atomic E-state index is 13.9. The number of fused-ring (bicyclic) bond motifs is 1. The number of aliphatic carboxylic acids is 2. The van der Waals surface area contributed by atoms with E-state index < -0.39 is 28.5 Å². The third-order valence-corrected chi connectivity index (χ3v) is 9.90. The molecule has 0 saturated heterocycles. The maximum Gasteiger partial charge on any atom is 0.324 e. The van der Waals surface area contributed by atoms with E-state index in [9.17, 15) is 28.2 Å². The fourth-order valence-electron chi connectivity index (χ4n) is 4.50. The van der Waals surface area contributed by atoms with Crippen molar-refractivity contribution in [3.63, 3.8) is 0 Å². The standard InChI is InChI=1S/C29H26Br2N2O8S/c1-40-19-8-7-18(23(30)13-19)15-32(16-28(34)35)25-10-11-26(22-6-4-3-5-21(22)25)33(17-29(36)37)42(38,39)27-12-9-20(41-2)14-24(27)31/h3-14H,15-17H2,1-2H3,(H,34,35)(H,36,37). The molecule has 0 heterocycles. The Kier molecular flexibility index (Phi) is 9.64. The van der Waals surface area contributed by atoms with Crippen LogP contribution >= 0.6 is 31.9 Å². The van der Waals surface area contributed by atoms with Crippen LogP contribution in [0.3, 0.4) is 0 Å². The van der Waals surface area contributed by atoms with Gasteiger partial charge in [-0.2, -0.15) is 0 Å². The molecule has 42 heavy (non-hydrogen) atoms. The van der Waals surface area contributed by atoms with Gasteiger partial charge in [0.25, 0.3) is 10.0 Å². The van der Waals surface area contributed by atoms with E-state index in [-0.39, 0.29) is 28.1 Å². The zero-order chi connectivity index (χ0) is 30.6. The minimum Gasteiger partial charge on any atom is -0.497 e. The number of carboxylic acids is 2. The number of halogens is 2. The van der Waals surface area contributed by atoms with Gasteiger partial charge >= 0.3 is 11.9 Å². The molecular formula is C29H26Br2N2O8S. The van der Waals surface area contributed by atoms with Crippen molar-refractivity contribution in [3.8, 4) is 11.5 Å². The zero-order valence-corrected chi connectivity index (χ0v) is 26.4. The number of nitrogens with zero attached hydrogens (tertiary/aromatic N) is 2. The SMILES string of the molecule is COc1ccc(CN(CC(=O)O)c2ccc(N(CC(=O)O)S(=O)(=O)c3ccc(OC)cc3Br)c3ccccc23)c(Br)c1. The van der Waals surface area contributed by atoms with Crippen LogP contribution < -0.4 is 18.7 Å². The molecule has 0 aliphatic rings. The highest BCUT2D eigenvalue weighted by Gasteiger charge is 2.31. The van der Waals surface area contributed by atoms with E-state index in [2.05, 4.69) is 31.9 Å². The number of methoxy groups -OCH3 is 2. The summed E-state index contributed by atoms with van der Waals surface area (Å²) in [6, 6.07) is 19.6. The quantitative estimate of drug-likeness (QED) is 0.188. The lowest BCUT2D eigenvalue weighted by atomic mass is 10.0. The van der Waals surface area contributed by atoms with E-state index in [1.54, 1.807) is 54.5 Å².